The molecule has 0 heterocycles. The van der Waals surface area contributed by atoms with Gasteiger partial charge < -0.3 is 12.9 Å². The summed E-state index contributed by atoms with van der Waals surface area (Å²) < 4.78 is 36.4. The number of hydrogen-bond donors (Lipinski definition) is 0. The molecule has 0 aliphatic heterocycles. The predicted octanol–water partition coefficient (Wildman–Crippen LogP) is -0.516. The summed E-state index contributed by atoms with van der Waals surface area (Å²) in [6.45, 7) is -4.89. The van der Waals surface area contributed by atoms with Gasteiger partial charge in [0, 0.05) is 5.88 Å². The molecule has 0 N–H and O–H groups in total. The molecule has 1 aromatic carbocycles. The molecule has 0 saturated carbocycles. The van der Waals surface area contributed by atoms with E-state index in [0.29, 0.717) is 5.56 Å². The van der Waals surface area contributed by atoms with Crippen LogP contribution in [0.2, 0.25) is 0 Å². The summed E-state index contributed by atoms with van der Waals surface area (Å²) in [6, 6.07) is 5.06. The van der Waals surface area contributed by atoms with E-state index in [4.69, 9.17) is 11.6 Å². The van der Waals surface area contributed by atoms with E-state index in [1.807, 2.05) is 0 Å². The van der Waals surface area contributed by atoms with Gasteiger partial charge in [0.1, 0.15) is 0 Å². The van der Waals surface area contributed by atoms with E-state index in [0.717, 1.165) is 12.1 Å². The Bertz CT molecular complexity index is 277. The van der Waals surface area contributed by atoms with Crippen molar-refractivity contribution in [1.82, 2.24) is 0 Å². The molecule has 1 aromatic rings. The summed E-state index contributed by atoms with van der Waals surface area (Å²) in [5.41, 5.74) is -0.0958. The van der Waals surface area contributed by atoms with Crippen LogP contribution in [0.3, 0.4) is 0 Å². The number of rotatable bonds is 2. The Labute approximate surface area is 122 Å². The van der Waals surface area contributed by atoms with Gasteiger partial charge in [0.15, 0.2) is 0 Å². The normalized spacial score (nSPS) is 10.8. The van der Waals surface area contributed by atoms with Crippen molar-refractivity contribution in [2.24, 2.45) is 0 Å². The summed E-state index contributed by atoms with van der Waals surface area (Å²) in [5, 5.41) is 0. The fourth-order valence-electron chi connectivity index (χ4n) is 0.880. The van der Waals surface area contributed by atoms with Crippen molar-refractivity contribution < 1.29 is 64.3 Å². The molecule has 0 aromatic heterocycles. The van der Waals surface area contributed by atoms with Gasteiger partial charge in [0.25, 0.3) is 0 Å². The Kier molecular flexibility index (Phi) is 6.22. The molecular formula is C7H6BClF3K. The minimum atomic E-state index is -4.89. The van der Waals surface area contributed by atoms with Gasteiger partial charge in [0.05, 0.1) is 0 Å². The van der Waals surface area contributed by atoms with E-state index in [9.17, 15) is 12.9 Å². The minimum absolute atomic E-state index is 0. The first-order chi connectivity index (χ1) is 5.54. The SMILES string of the molecule is F[B-](F)(F)c1cccc(CCl)c1.[K+]. The van der Waals surface area contributed by atoms with Crippen LogP contribution in [0.1, 0.15) is 5.56 Å². The largest absolute Gasteiger partial charge is 1.00 e. The van der Waals surface area contributed by atoms with Gasteiger partial charge >= 0.3 is 58.4 Å². The quantitative estimate of drug-likeness (QED) is 0.476. The molecule has 0 atom stereocenters. The molecule has 0 aliphatic rings. The minimum Gasteiger partial charge on any atom is -0.445 e. The first-order valence-corrected chi connectivity index (χ1v) is 3.92. The number of halogens is 4. The molecule has 0 amide bonds. The average Bonchev–Trinajstić information content (AvgIpc) is 2.03. The molecule has 0 bridgehead atoms. The van der Waals surface area contributed by atoms with Gasteiger partial charge in [-0.15, -0.1) is 17.1 Å². The van der Waals surface area contributed by atoms with Crippen molar-refractivity contribution in [3.05, 3.63) is 29.8 Å². The van der Waals surface area contributed by atoms with Gasteiger partial charge in [-0.3, -0.25) is 0 Å². The van der Waals surface area contributed by atoms with Crippen LogP contribution in [0.4, 0.5) is 12.9 Å². The van der Waals surface area contributed by atoms with Crippen molar-refractivity contribution in [2.45, 2.75) is 5.88 Å². The van der Waals surface area contributed by atoms with Gasteiger partial charge in [0.2, 0.25) is 0 Å². The van der Waals surface area contributed by atoms with Crippen molar-refractivity contribution in [1.29, 1.82) is 0 Å². The maximum Gasteiger partial charge on any atom is 1.00 e. The van der Waals surface area contributed by atoms with Crippen molar-refractivity contribution in [3.8, 4) is 0 Å². The van der Waals surface area contributed by atoms with Crippen molar-refractivity contribution in [3.63, 3.8) is 0 Å². The zero-order valence-electron chi connectivity index (χ0n) is 7.11. The molecule has 0 fully saturated rings. The third-order valence-corrected chi connectivity index (χ3v) is 1.79. The fourth-order valence-corrected chi connectivity index (χ4v) is 1.05. The zero-order valence-corrected chi connectivity index (χ0v) is 11.0. The van der Waals surface area contributed by atoms with Crippen molar-refractivity contribution in [2.75, 3.05) is 0 Å². The predicted molar refractivity (Wildman–Crippen MR) is 44.7 cm³/mol. The number of benzene rings is 1. The molecule has 0 spiro atoms. The van der Waals surface area contributed by atoms with Crippen LogP contribution < -0.4 is 56.8 Å². The maximum absolute atomic E-state index is 12.1. The third-order valence-electron chi connectivity index (χ3n) is 1.48. The molecule has 66 valence electrons. The van der Waals surface area contributed by atoms with Crippen LogP contribution in [-0.4, -0.2) is 6.98 Å². The smallest absolute Gasteiger partial charge is 0.445 e. The van der Waals surface area contributed by atoms with E-state index >= 15 is 0 Å². The zero-order chi connectivity index (χ0) is 9.19. The van der Waals surface area contributed by atoms with Crippen LogP contribution in [0.5, 0.6) is 0 Å². The van der Waals surface area contributed by atoms with Gasteiger partial charge in [-0.1, -0.05) is 24.3 Å². The number of hydrogen-bond acceptors (Lipinski definition) is 0. The molecule has 0 aliphatic carbocycles. The maximum atomic E-state index is 12.1. The van der Waals surface area contributed by atoms with E-state index in [2.05, 4.69) is 0 Å². The third kappa shape index (κ3) is 4.36. The summed E-state index contributed by atoms with van der Waals surface area (Å²) in [6.07, 6.45) is 0. The van der Waals surface area contributed by atoms with E-state index in [1.54, 1.807) is 6.07 Å². The van der Waals surface area contributed by atoms with Gasteiger partial charge in [-0.2, -0.15) is 0 Å². The van der Waals surface area contributed by atoms with Crippen LogP contribution in [0.15, 0.2) is 24.3 Å². The van der Waals surface area contributed by atoms with Crippen molar-refractivity contribution >= 4 is 24.0 Å². The first kappa shape index (κ1) is 14.0. The molecule has 6 heteroatoms. The Morgan fingerprint density at radius 1 is 1.23 bits per heavy atom. The van der Waals surface area contributed by atoms with Crippen LogP contribution in [0.25, 0.3) is 0 Å². The first-order valence-electron chi connectivity index (χ1n) is 3.39. The van der Waals surface area contributed by atoms with E-state index in [-0.39, 0.29) is 57.3 Å². The van der Waals surface area contributed by atoms with Crippen LogP contribution in [-0.2, 0) is 5.88 Å². The second kappa shape index (κ2) is 5.78. The Morgan fingerprint density at radius 2 is 1.85 bits per heavy atom. The molecule has 0 nitrogen and oxygen atoms in total. The topological polar surface area (TPSA) is 0 Å². The molecule has 1 rings (SSSR count). The Balaban J connectivity index is 0.00000144. The van der Waals surface area contributed by atoms with E-state index < -0.39 is 12.4 Å². The molecule has 13 heavy (non-hydrogen) atoms. The molecule has 0 radical (unpaired) electrons. The summed E-state index contributed by atoms with van der Waals surface area (Å²) in [4.78, 5) is 0. The second-order valence-corrected chi connectivity index (χ2v) is 2.72. The second-order valence-electron chi connectivity index (χ2n) is 2.45. The summed E-state index contributed by atoms with van der Waals surface area (Å²) >= 11 is 5.39. The Hall–Kier alpha value is 1.00. The standard InChI is InChI=1S/C7H6BClF3.K/c9-5-6-2-1-3-7(4-6)8(10,11)12;/h1-4H,5H2;/q-1;+1. The average molecular weight is 232 g/mol. The van der Waals surface area contributed by atoms with Gasteiger partial charge in [-0.05, 0) is 5.56 Å². The number of alkyl halides is 1. The summed E-state index contributed by atoms with van der Waals surface area (Å²) in [5.74, 6) is 0.111. The van der Waals surface area contributed by atoms with Gasteiger partial charge in [-0.25, -0.2) is 0 Å². The molecular weight excluding hydrogens is 226 g/mol. The molecule has 0 saturated heterocycles. The Morgan fingerprint density at radius 3 is 2.31 bits per heavy atom. The van der Waals surface area contributed by atoms with E-state index in [1.165, 1.54) is 6.07 Å². The van der Waals surface area contributed by atoms with Crippen LogP contribution in [0, 0.1) is 0 Å². The molecule has 0 unspecified atom stereocenters. The fraction of sp³-hybridized carbons (Fsp3) is 0.143. The monoisotopic (exact) mass is 232 g/mol. The van der Waals surface area contributed by atoms with Crippen LogP contribution >= 0.6 is 11.6 Å². The summed E-state index contributed by atoms with van der Waals surface area (Å²) in [7, 11) is 0.